The van der Waals surface area contributed by atoms with Crippen molar-refractivity contribution in [1.29, 1.82) is 0 Å². The number of anilines is 2. The second-order valence-corrected chi connectivity index (χ2v) is 8.65. The summed E-state index contributed by atoms with van der Waals surface area (Å²) < 4.78 is 46.3. The van der Waals surface area contributed by atoms with E-state index in [0.717, 1.165) is 12.1 Å². The largest absolute Gasteiger partial charge is 0.449 e. The first-order valence-electron chi connectivity index (χ1n) is 10.8. The van der Waals surface area contributed by atoms with Gasteiger partial charge in [-0.15, -0.1) is 10.2 Å². The van der Waals surface area contributed by atoms with Crippen LogP contribution in [0.2, 0.25) is 10.0 Å². The Morgan fingerprint density at radius 2 is 1.94 bits per heavy atom. The normalized spacial score (nSPS) is 16.7. The molecule has 1 amide bonds. The summed E-state index contributed by atoms with van der Waals surface area (Å²) in [6.45, 7) is 3.84. The summed E-state index contributed by atoms with van der Waals surface area (Å²) in [4.78, 5) is 16.0. The molecule has 186 valence electrons. The molecule has 0 saturated carbocycles. The van der Waals surface area contributed by atoms with E-state index in [0.29, 0.717) is 17.0 Å². The van der Waals surface area contributed by atoms with Crippen LogP contribution in [0, 0.1) is 0 Å². The highest BCUT2D eigenvalue weighted by molar-refractivity contribution is 6.42. The molecule has 2 atom stereocenters. The van der Waals surface area contributed by atoms with Gasteiger partial charge in [-0.3, -0.25) is 4.90 Å². The van der Waals surface area contributed by atoms with Gasteiger partial charge in [-0.1, -0.05) is 41.4 Å². The summed E-state index contributed by atoms with van der Waals surface area (Å²) in [5.74, 6) is 0.214. The van der Waals surface area contributed by atoms with E-state index in [1.54, 1.807) is 30.0 Å². The number of nitrogens with one attached hydrogen (secondary N) is 1. The van der Waals surface area contributed by atoms with E-state index in [-0.39, 0.29) is 35.4 Å². The minimum atomic E-state index is -4.59. The minimum Gasteiger partial charge on any atom is -0.449 e. The number of carbonyl (C=O) groups is 1. The lowest BCUT2D eigenvalue weighted by Gasteiger charge is -2.45. The van der Waals surface area contributed by atoms with Crippen molar-refractivity contribution >= 4 is 40.7 Å². The molecule has 35 heavy (non-hydrogen) atoms. The molecule has 4 rings (SSSR count). The van der Waals surface area contributed by atoms with Crippen molar-refractivity contribution in [2.45, 2.75) is 38.5 Å². The lowest BCUT2D eigenvalue weighted by Crippen LogP contribution is -2.52. The fourth-order valence-electron chi connectivity index (χ4n) is 4.17. The number of aromatic nitrogens is 4. The smallest absolute Gasteiger partial charge is 0.416 e. The number of rotatable bonds is 5. The number of alkyl halides is 3. The molecular formula is C22H21Cl2F3N6O2. The van der Waals surface area contributed by atoms with Crippen LogP contribution >= 0.6 is 23.2 Å². The lowest BCUT2D eigenvalue weighted by molar-refractivity contribution is -0.137. The van der Waals surface area contributed by atoms with Crippen molar-refractivity contribution in [2.75, 3.05) is 23.0 Å². The van der Waals surface area contributed by atoms with Gasteiger partial charge in [0.25, 0.3) is 0 Å². The van der Waals surface area contributed by atoms with E-state index in [2.05, 4.69) is 20.6 Å². The first kappa shape index (κ1) is 25.1. The molecule has 0 radical (unpaired) electrons. The maximum Gasteiger partial charge on any atom is 0.416 e. The number of halogens is 5. The van der Waals surface area contributed by atoms with Crippen molar-refractivity contribution in [3.05, 3.63) is 63.4 Å². The number of hydrogen-bond acceptors (Lipinski definition) is 6. The number of aromatic amines is 1. The second-order valence-electron chi connectivity index (χ2n) is 7.83. The van der Waals surface area contributed by atoms with Gasteiger partial charge in [0.2, 0.25) is 5.82 Å². The highest BCUT2D eigenvalue weighted by Crippen LogP contribution is 2.45. The Kier molecular flexibility index (Phi) is 7.09. The van der Waals surface area contributed by atoms with Gasteiger partial charge in [-0.25, -0.2) is 4.79 Å². The van der Waals surface area contributed by atoms with Crippen LogP contribution in [0.5, 0.6) is 0 Å². The molecule has 13 heteroatoms. The average molecular weight is 529 g/mol. The molecule has 0 bridgehead atoms. The van der Waals surface area contributed by atoms with Crippen molar-refractivity contribution in [3.63, 3.8) is 0 Å². The number of fused-ring (bicyclic) bond motifs is 1. The third-order valence-electron chi connectivity index (χ3n) is 5.76. The second kappa shape index (κ2) is 9.90. The van der Waals surface area contributed by atoms with Crippen molar-refractivity contribution in [1.82, 2.24) is 20.6 Å². The number of H-pyrrole nitrogens is 1. The number of nitrogens with zero attached hydrogens (tertiary/aromatic N) is 5. The number of ether oxygens (including phenoxy) is 1. The molecule has 0 spiro atoms. The van der Waals surface area contributed by atoms with E-state index in [1.807, 2.05) is 6.92 Å². The summed E-state index contributed by atoms with van der Waals surface area (Å²) in [6, 6.07) is 6.96. The summed E-state index contributed by atoms with van der Waals surface area (Å²) in [5, 5.41) is 14.8. The average Bonchev–Trinajstić information content (AvgIpc) is 3.34. The number of amides is 1. The summed E-state index contributed by atoms with van der Waals surface area (Å²) in [7, 11) is 0. The van der Waals surface area contributed by atoms with E-state index < -0.39 is 29.9 Å². The van der Waals surface area contributed by atoms with Gasteiger partial charge >= 0.3 is 12.3 Å². The fourth-order valence-corrected chi connectivity index (χ4v) is 4.48. The van der Waals surface area contributed by atoms with Gasteiger partial charge in [0, 0.05) is 6.54 Å². The van der Waals surface area contributed by atoms with Crippen molar-refractivity contribution in [2.24, 2.45) is 0 Å². The van der Waals surface area contributed by atoms with Gasteiger partial charge in [0.1, 0.15) is 6.04 Å². The number of tetrazole rings is 1. The summed E-state index contributed by atoms with van der Waals surface area (Å²) in [5.41, 5.74) is 0.172. The third-order valence-corrected chi connectivity index (χ3v) is 6.50. The Morgan fingerprint density at radius 1 is 1.17 bits per heavy atom. The standard InChI is InChI=1S/C22H21Cl2F3N6O2/c1-3-14-11-32(19(20-28-30-31-29-20)12-5-7-15(23)16(24)9-12)18-10-13(22(25,26)27)6-8-17(18)33(14)21(34)35-4-2/h5-10,14,19H,3-4,11H2,1-2H3,(H,28,29,30,31). The van der Waals surface area contributed by atoms with Crippen LogP contribution in [-0.2, 0) is 10.9 Å². The number of carbonyl (C=O) groups excluding carboxylic acids is 1. The summed E-state index contributed by atoms with van der Waals surface area (Å²) >= 11 is 12.4. The van der Waals surface area contributed by atoms with Crippen molar-refractivity contribution in [3.8, 4) is 0 Å². The van der Waals surface area contributed by atoms with Gasteiger partial charge in [-0.05, 0) is 49.2 Å². The Labute approximate surface area is 208 Å². The molecular weight excluding hydrogens is 508 g/mol. The van der Waals surface area contributed by atoms with Gasteiger partial charge < -0.3 is 9.64 Å². The Hall–Kier alpha value is -3.05. The monoisotopic (exact) mass is 528 g/mol. The Balaban J connectivity index is 1.94. The maximum atomic E-state index is 13.7. The van der Waals surface area contributed by atoms with Gasteiger partial charge in [-0.2, -0.15) is 18.4 Å². The highest BCUT2D eigenvalue weighted by atomic mass is 35.5. The van der Waals surface area contributed by atoms with Crippen LogP contribution in [0.4, 0.5) is 29.3 Å². The third kappa shape index (κ3) is 4.87. The Morgan fingerprint density at radius 3 is 2.54 bits per heavy atom. The maximum absolute atomic E-state index is 13.7. The predicted octanol–water partition coefficient (Wildman–Crippen LogP) is 5.88. The molecule has 2 heterocycles. The quantitative estimate of drug-likeness (QED) is 0.445. The molecule has 8 nitrogen and oxygen atoms in total. The highest BCUT2D eigenvalue weighted by Gasteiger charge is 2.41. The molecule has 1 N–H and O–H groups in total. The van der Waals surface area contributed by atoms with Gasteiger partial charge in [0.15, 0.2) is 0 Å². The lowest BCUT2D eigenvalue weighted by atomic mass is 9.97. The van der Waals surface area contributed by atoms with Crippen molar-refractivity contribution < 1.29 is 22.7 Å². The van der Waals surface area contributed by atoms with Crippen LogP contribution in [0.25, 0.3) is 0 Å². The Bertz CT molecular complexity index is 1210. The molecule has 0 saturated heterocycles. The molecule has 2 unspecified atom stereocenters. The molecule has 0 fully saturated rings. The van der Waals surface area contributed by atoms with Crippen LogP contribution in [-0.4, -0.2) is 45.9 Å². The minimum absolute atomic E-state index is 0.125. The zero-order chi connectivity index (χ0) is 25.3. The van der Waals surface area contributed by atoms with Crippen LogP contribution in [0.3, 0.4) is 0 Å². The SMILES string of the molecule is CCOC(=O)N1c2ccc(C(F)(F)F)cc2N(C(c2ccc(Cl)c(Cl)c2)c2nn[nH]n2)CC1CC. The number of hydrogen-bond donors (Lipinski definition) is 1. The zero-order valence-corrected chi connectivity index (χ0v) is 20.2. The molecule has 1 aliphatic rings. The molecule has 1 aromatic heterocycles. The molecule has 3 aromatic rings. The topological polar surface area (TPSA) is 87.2 Å². The van der Waals surface area contributed by atoms with Crippen LogP contribution < -0.4 is 9.80 Å². The fraction of sp³-hybridized carbons (Fsp3) is 0.364. The first-order valence-corrected chi connectivity index (χ1v) is 11.5. The van der Waals surface area contributed by atoms with E-state index in [1.165, 1.54) is 11.0 Å². The van der Waals surface area contributed by atoms with E-state index in [9.17, 15) is 18.0 Å². The van der Waals surface area contributed by atoms with Crippen LogP contribution in [0.15, 0.2) is 36.4 Å². The summed E-state index contributed by atoms with van der Waals surface area (Å²) in [6.07, 6.45) is -4.72. The predicted molar refractivity (Wildman–Crippen MR) is 125 cm³/mol. The van der Waals surface area contributed by atoms with Gasteiger partial charge in [0.05, 0.1) is 39.6 Å². The zero-order valence-electron chi connectivity index (χ0n) is 18.7. The van der Waals surface area contributed by atoms with E-state index in [4.69, 9.17) is 27.9 Å². The first-order chi connectivity index (χ1) is 16.7. The molecule has 0 aliphatic carbocycles. The number of benzene rings is 2. The molecule has 1 aliphatic heterocycles. The molecule has 2 aromatic carbocycles. The van der Waals surface area contributed by atoms with E-state index >= 15 is 0 Å². The van der Waals surface area contributed by atoms with Crippen LogP contribution in [0.1, 0.15) is 43.3 Å².